The Kier molecular flexibility index (Phi) is 7.65. The summed E-state index contributed by atoms with van der Waals surface area (Å²) in [5, 5.41) is 24.7. The van der Waals surface area contributed by atoms with Gasteiger partial charge in [-0.25, -0.2) is 4.79 Å². The van der Waals surface area contributed by atoms with Gasteiger partial charge in [0.15, 0.2) is 12.4 Å². The van der Waals surface area contributed by atoms with E-state index in [4.69, 9.17) is 23.7 Å². The average molecular weight is 591 g/mol. The average Bonchev–Trinajstić information content (AvgIpc) is 3.48. The second-order valence-electron chi connectivity index (χ2n) is 14.1. The van der Waals surface area contributed by atoms with Crippen LogP contribution in [0.1, 0.15) is 85.0 Å². The van der Waals surface area contributed by atoms with Gasteiger partial charge in [-0.2, -0.15) is 0 Å². The highest BCUT2D eigenvalue weighted by molar-refractivity contribution is 5.85. The minimum absolute atomic E-state index is 0.0706. The second-order valence-corrected chi connectivity index (χ2v) is 14.1. The molecule has 0 bridgehead atoms. The van der Waals surface area contributed by atoms with Crippen molar-refractivity contribution >= 4 is 18.2 Å². The fourth-order valence-corrected chi connectivity index (χ4v) is 10.3. The molecule has 6 aliphatic rings. The van der Waals surface area contributed by atoms with Gasteiger partial charge in [0.2, 0.25) is 0 Å². The Bertz CT molecular complexity index is 1140. The SMILES string of the molecule is CO[C@@H]1C[C@H](O[C@@H]2CC[C@]3(C=O)[C@H]4CC[C@]5(C)[C@@H](C6=CC(=O)OC6)CC[C@@]5(O)[C@@H]4CC[C@]3(O)C2)O[C@@H](C)[C@@H]1OC(C)=O. The fraction of sp³-hybridized carbons (Fsp3) is 0.844. The predicted octanol–water partition coefficient (Wildman–Crippen LogP) is 3.00. The van der Waals surface area contributed by atoms with E-state index in [-0.39, 0.29) is 35.9 Å². The minimum Gasteiger partial charge on any atom is -0.458 e. The minimum atomic E-state index is -1.24. The maximum absolute atomic E-state index is 13.1. The molecule has 0 unspecified atom stereocenters. The van der Waals surface area contributed by atoms with Gasteiger partial charge in [0.05, 0.1) is 28.8 Å². The third kappa shape index (κ3) is 4.42. The number of carbonyl (C=O) groups is 3. The molecule has 10 nitrogen and oxygen atoms in total. The number of esters is 2. The molecule has 2 N–H and O–H groups in total. The summed E-state index contributed by atoms with van der Waals surface area (Å²) in [7, 11) is 1.57. The van der Waals surface area contributed by atoms with Crippen molar-refractivity contribution in [2.24, 2.45) is 28.6 Å². The van der Waals surface area contributed by atoms with Crippen molar-refractivity contribution in [2.45, 2.75) is 127 Å². The van der Waals surface area contributed by atoms with Crippen LogP contribution in [0.2, 0.25) is 0 Å². The maximum Gasteiger partial charge on any atom is 0.331 e. The van der Waals surface area contributed by atoms with E-state index in [2.05, 4.69) is 6.92 Å². The summed E-state index contributed by atoms with van der Waals surface area (Å²) in [5.74, 6) is -0.871. The lowest BCUT2D eigenvalue weighted by atomic mass is 9.41. The van der Waals surface area contributed by atoms with Crippen LogP contribution in [0.15, 0.2) is 11.6 Å². The molecule has 5 fully saturated rings. The van der Waals surface area contributed by atoms with Gasteiger partial charge < -0.3 is 38.7 Å². The standard InChI is InChI=1S/C32H46O10/c1-18-28(41-19(2)34)25(38-4)14-27(40-18)42-21-5-10-30(17-33)23-6-9-29(3)22(20-13-26(35)39-16-20)8-12-32(29,37)24(23)7-11-31(30,36)15-21/h13,17-18,21-25,27-28,36-37H,5-12,14-16H2,1-4H3/t18-,21+,22+,23-,24+,25+,27-,28-,29+,30-,31-,32+/m0/s1. The predicted molar refractivity (Wildman–Crippen MR) is 148 cm³/mol. The summed E-state index contributed by atoms with van der Waals surface area (Å²) in [5.41, 5.74) is -2.60. The molecule has 2 heterocycles. The van der Waals surface area contributed by atoms with Gasteiger partial charge in [-0.3, -0.25) is 4.79 Å². The summed E-state index contributed by atoms with van der Waals surface area (Å²) in [6, 6.07) is 0. The number of aliphatic hydroxyl groups is 2. The van der Waals surface area contributed by atoms with E-state index in [1.54, 1.807) is 13.2 Å². The van der Waals surface area contributed by atoms with Crippen molar-refractivity contribution < 1.29 is 48.3 Å². The molecule has 1 saturated heterocycles. The Morgan fingerprint density at radius 3 is 2.52 bits per heavy atom. The van der Waals surface area contributed by atoms with Crippen LogP contribution >= 0.6 is 0 Å². The molecule has 4 aliphatic carbocycles. The number of methoxy groups -OCH3 is 1. The lowest BCUT2D eigenvalue weighted by molar-refractivity contribution is -0.289. The number of carbonyl (C=O) groups excluding carboxylic acids is 3. The lowest BCUT2D eigenvalue weighted by Crippen LogP contribution is -2.69. The largest absolute Gasteiger partial charge is 0.458 e. The second kappa shape index (κ2) is 10.6. The van der Waals surface area contributed by atoms with E-state index >= 15 is 0 Å². The normalized spacial score (nSPS) is 50.1. The van der Waals surface area contributed by atoms with Crippen LogP contribution in [0.5, 0.6) is 0 Å². The van der Waals surface area contributed by atoms with Crippen molar-refractivity contribution in [3.63, 3.8) is 0 Å². The van der Waals surface area contributed by atoms with Gasteiger partial charge >= 0.3 is 11.9 Å². The van der Waals surface area contributed by atoms with Gasteiger partial charge in [-0.05, 0) is 81.6 Å². The number of hydrogen-bond donors (Lipinski definition) is 2. The summed E-state index contributed by atoms with van der Waals surface area (Å²) in [4.78, 5) is 36.5. The first-order valence-electron chi connectivity index (χ1n) is 15.7. The van der Waals surface area contributed by atoms with Crippen LogP contribution in [0, 0.1) is 28.6 Å². The quantitative estimate of drug-likeness (QED) is 0.270. The first-order chi connectivity index (χ1) is 19.9. The van der Waals surface area contributed by atoms with Crippen molar-refractivity contribution in [1.82, 2.24) is 0 Å². The van der Waals surface area contributed by atoms with Gasteiger partial charge in [-0.15, -0.1) is 0 Å². The van der Waals surface area contributed by atoms with Gasteiger partial charge in [-0.1, -0.05) is 6.92 Å². The zero-order valence-electron chi connectivity index (χ0n) is 25.2. The van der Waals surface area contributed by atoms with Crippen molar-refractivity contribution in [1.29, 1.82) is 0 Å². The smallest absolute Gasteiger partial charge is 0.331 e. The number of rotatable bonds is 6. The van der Waals surface area contributed by atoms with E-state index in [0.29, 0.717) is 51.6 Å². The first-order valence-corrected chi connectivity index (χ1v) is 15.7. The number of hydrogen-bond acceptors (Lipinski definition) is 10. The number of aldehydes is 1. The van der Waals surface area contributed by atoms with Crippen molar-refractivity contribution in [3.8, 4) is 0 Å². The summed E-state index contributed by atoms with van der Waals surface area (Å²) in [6.07, 6.45) is 6.06. The third-order valence-electron chi connectivity index (χ3n) is 12.4. The summed E-state index contributed by atoms with van der Waals surface area (Å²) < 4.78 is 28.7. The fourth-order valence-electron chi connectivity index (χ4n) is 10.3. The molecule has 0 aromatic rings. The monoisotopic (exact) mass is 590 g/mol. The van der Waals surface area contributed by atoms with Crippen molar-refractivity contribution in [3.05, 3.63) is 11.6 Å². The molecule has 6 rings (SSSR count). The molecule has 10 heteroatoms. The zero-order chi connectivity index (χ0) is 30.1. The van der Waals surface area contributed by atoms with E-state index in [9.17, 15) is 24.6 Å². The maximum atomic E-state index is 13.1. The van der Waals surface area contributed by atoms with Gasteiger partial charge in [0.1, 0.15) is 19.0 Å². The van der Waals surface area contributed by atoms with Crippen LogP contribution in [0.25, 0.3) is 0 Å². The Labute approximate surface area is 247 Å². The third-order valence-corrected chi connectivity index (χ3v) is 12.4. The van der Waals surface area contributed by atoms with E-state index < -0.39 is 46.5 Å². The number of fused-ring (bicyclic) bond motifs is 5. The van der Waals surface area contributed by atoms with Gasteiger partial charge in [0.25, 0.3) is 0 Å². The van der Waals surface area contributed by atoms with Crippen molar-refractivity contribution in [2.75, 3.05) is 13.7 Å². The molecular formula is C32H46O10. The number of ether oxygens (including phenoxy) is 5. The van der Waals surface area contributed by atoms with Crippen LogP contribution in [-0.2, 0) is 38.1 Å². The Morgan fingerprint density at radius 2 is 1.86 bits per heavy atom. The molecule has 0 radical (unpaired) electrons. The molecule has 4 saturated carbocycles. The summed E-state index contributed by atoms with van der Waals surface area (Å²) >= 11 is 0. The highest BCUT2D eigenvalue weighted by Gasteiger charge is 2.71. The topological polar surface area (TPSA) is 138 Å². The van der Waals surface area contributed by atoms with E-state index in [1.165, 1.54) is 6.92 Å². The Balaban J connectivity index is 1.18. The lowest BCUT2D eigenvalue weighted by Gasteiger charge is -2.65. The Morgan fingerprint density at radius 1 is 1.10 bits per heavy atom. The van der Waals surface area contributed by atoms with Gasteiger partial charge in [0, 0.05) is 38.4 Å². The molecule has 2 aliphatic heterocycles. The van der Waals surface area contributed by atoms with Crippen LogP contribution in [0.3, 0.4) is 0 Å². The van der Waals surface area contributed by atoms with E-state index in [1.807, 2.05) is 6.92 Å². The molecule has 0 aromatic heterocycles. The zero-order valence-corrected chi connectivity index (χ0v) is 25.2. The van der Waals surface area contributed by atoms with Crippen LogP contribution < -0.4 is 0 Å². The molecule has 0 aromatic carbocycles. The highest BCUT2D eigenvalue weighted by atomic mass is 16.7. The van der Waals surface area contributed by atoms with E-state index in [0.717, 1.165) is 31.1 Å². The molecule has 42 heavy (non-hydrogen) atoms. The summed E-state index contributed by atoms with van der Waals surface area (Å²) in [6.45, 7) is 5.63. The first kappa shape index (κ1) is 30.2. The molecule has 12 atom stereocenters. The highest BCUT2D eigenvalue weighted by Crippen LogP contribution is 2.70. The molecule has 234 valence electrons. The number of cyclic esters (lactones) is 1. The Hall–Kier alpha value is -1.85. The van der Waals surface area contributed by atoms with Crippen LogP contribution in [-0.4, -0.2) is 84.1 Å². The molecule has 0 spiro atoms. The van der Waals surface area contributed by atoms with Crippen LogP contribution in [0.4, 0.5) is 0 Å². The molecule has 0 amide bonds. The molecular weight excluding hydrogens is 544 g/mol.